The maximum Gasteiger partial charge on any atom is 0.155 e. The van der Waals surface area contributed by atoms with Crippen molar-refractivity contribution in [2.75, 3.05) is 26.2 Å². The predicted molar refractivity (Wildman–Crippen MR) is 95.6 cm³/mol. The second kappa shape index (κ2) is 7.25. The maximum absolute atomic E-state index is 3.87. The van der Waals surface area contributed by atoms with E-state index in [1.807, 2.05) is 0 Å². The van der Waals surface area contributed by atoms with Crippen molar-refractivity contribution in [1.29, 1.82) is 0 Å². The lowest BCUT2D eigenvalue weighted by Gasteiger charge is -2.38. The molecule has 6 heteroatoms. The van der Waals surface area contributed by atoms with Crippen molar-refractivity contribution in [2.45, 2.75) is 75.1 Å². The molecule has 0 radical (unpaired) electrons. The first-order valence-corrected chi connectivity index (χ1v) is 9.87. The van der Waals surface area contributed by atoms with E-state index < -0.39 is 0 Å². The van der Waals surface area contributed by atoms with Crippen molar-refractivity contribution in [2.24, 2.45) is 0 Å². The van der Waals surface area contributed by atoms with Gasteiger partial charge in [-0.05, 0) is 101 Å². The highest BCUT2D eigenvalue weighted by Crippen LogP contribution is 2.26. The largest absolute Gasteiger partial charge is 0.322 e. The molecular formula is C16H32B2N4. The van der Waals surface area contributed by atoms with Crippen LogP contribution in [0.1, 0.15) is 51.4 Å². The van der Waals surface area contributed by atoms with Gasteiger partial charge in [0.2, 0.25) is 0 Å². The zero-order chi connectivity index (χ0) is 14.8. The average Bonchev–Trinajstić information content (AvgIpc) is 3.35. The highest BCUT2D eigenvalue weighted by molar-refractivity contribution is 7.25. The molecule has 4 heterocycles. The van der Waals surface area contributed by atoms with Crippen LogP contribution in [-0.2, 0) is 0 Å². The highest BCUT2D eigenvalue weighted by Gasteiger charge is 2.50. The second-order valence-electron chi connectivity index (χ2n) is 7.97. The fourth-order valence-corrected chi connectivity index (χ4v) is 5.79. The van der Waals surface area contributed by atoms with E-state index in [1.165, 1.54) is 77.5 Å². The molecule has 4 fully saturated rings. The van der Waals surface area contributed by atoms with Crippen molar-refractivity contribution in [3.63, 3.8) is 0 Å². The minimum absolute atomic E-state index is 0.741. The lowest BCUT2D eigenvalue weighted by molar-refractivity contribution is 0.686. The Morgan fingerprint density at radius 1 is 0.455 bits per heavy atom. The van der Waals surface area contributed by atoms with Gasteiger partial charge in [-0.25, -0.2) is 0 Å². The summed E-state index contributed by atoms with van der Waals surface area (Å²) in [5, 5.41) is 15.5. The zero-order valence-corrected chi connectivity index (χ0v) is 13.9. The lowest BCUT2D eigenvalue weighted by atomic mass is 8.99. The van der Waals surface area contributed by atoms with E-state index in [0.717, 1.165) is 37.0 Å². The molecule has 4 rings (SSSR count). The number of hydrogen-bond donors (Lipinski definition) is 4. The Morgan fingerprint density at radius 3 is 0.909 bits per heavy atom. The van der Waals surface area contributed by atoms with Crippen LogP contribution in [0.2, 0.25) is 0 Å². The second-order valence-corrected chi connectivity index (χ2v) is 7.97. The number of rotatable bonds is 5. The van der Waals surface area contributed by atoms with Gasteiger partial charge in [-0.2, -0.15) is 0 Å². The molecule has 122 valence electrons. The van der Waals surface area contributed by atoms with Gasteiger partial charge in [-0.1, -0.05) is 0 Å². The van der Waals surface area contributed by atoms with Crippen LogP contribution >= 0.6 is 0 Å². The number of nitrogens with one attached hydrogen (secondary N) is 4. The van der Waals surface area contributed by atoms with Gasteiger partial charge in [0.1, 0.15) is 0 Å². The maximum atomic E-state index is 3.87. The monoisotopic (exact) mass is 302 g/mol. The molecule has 0 aromatic heterocycles. The summed E-state index contributed by atoms with van der Waals surface area (Å²) in [6.45, 7) is 6.54. The van der Waals surface area contributed by atoms with Gasteiger partial charge >= 0.3 is 0 Å². The molecule has 0 aromatic carbocycles. The third-order valence-corrected chi connectivity index (χ3v) is 6.70. The fourth-order valence-electron chi connectivity index (χ4n) is 5.79. The average molecular weight is 302 g/mol. The van der Waals surface area contributed by atoms with Gasteiger partial charge < -0.3 is 21.3 Å². The minimum Gasteiger partial charge on any atom is -0.322 e. The van der Waals surface area contributed by atoms with Crippen molar-refractivity contribution < 1.29 is 0 Å². The summed E-state index contributed by atoms with van der Waals surface area (Å²) in [6, 6.07) is 0. The van der Waals surface area contributed by atoms with Crippen LogP contribution in [0.25, 0.3) is 0 Å². The first-order chi connectivity index (χ1) is 10.9. The summed E-state index contributed by atoms with van der Waals surface area (Å²) in [5.41, 5.74) is 0. The molecule has 4 nitrogen and oxygen atoms in total. The van der Waals surface area contributed by atoms with Crippen LogP contribution in [0.3, 0.4) is 0 Å². The molecule has 0 aromatic rings. The normalized spacial score (nSPS) is 38.7. The molecular weight excluding hydrogens is 270 g/mol. The first-order valence-electron chi connectivity index (χ1n) is 9.87. The Labute approximate surface area is 136 Å². The minimum atomic E-state index is 0.741. The van der Waals surface area contributed by atoms with Crippen molar-refractivity contribution in [3.05, 3.63) is 0 Å². The topological polar surface area (TPSA) is 48.1 Å². The van der Waals surface area contributed by atoms with Crippen LogP contribution < -0.4 is 21.3 Å². The molecule has 4 aliphatic heterocycles. The smallest absolute Gasteiger partial charge is 0.155 e. The predicted octanol–water partition coefficient (Wildman–Crippen LogP) is 0.219. The summed E-state index contributed by atoms with van der Waals surface area (Å²) in [6.07, 6.45) is 11.0. The first kappa shape index (κ1) is 15.5. The van der Waals surface area contributed by atoms with Gasteiger partial charge in [0.25, 0.3) is 0 Å². The quantitative estimate of drug-likeness (QED) is 0.549. The Hall–Kier alpha value is -0.0301. The molecule has 4 atom stereocenters. The van der Waals surface area contributed by atoms with Crippen LogP contribution in [-0.4, -0.2) is 63.2 Å². The van der Waals surface area contributed by atoms with Gasteiger partial charge in [0.15, 0.2) is 13.2 Å². The van der Waals surface area contributed by atoms with Crippen LogP contribution in [0, 0.1) is 0 Å². The van der Waals surface area contributed by atoms with Gasteiger partial charge in [0.05, 0.1) is 0 Å². The van der Waals surface area contributed by atoms with Crippen LogP contribution in [0.4, 0.5) is 0 Å². The van der Waals surface area contributed by atoms with Crippen LogP contribution in [0.5, 0.6) is 0 Å². The molecule has 4 unspecified atom stereocenters. The van der Waals surface area contributed by atoms with E-state index in [-0.39, 0.29) is 0 Å². The molecule has 4 N–H and O–H groups in total. The molecule has 0 aliphatic carbocycles. The van der Waals surface area contributed by atoms with Crippen LogP contribution in [0.15, 0.2) is 0 Å². The Balaban J connectivity index is 1.59. The summed E-state index contributed by atoms with van der Waals surface area (Å²) in [5.74, 6) is 2.96. The Kier molecular flexibility index (Phi) is 5.10. The zero-order valence-electron chi connectivity index (χ0n) is 13.9. The van der Waals surface area contributed by atoms with Crippen molar-refractivity contribution >= 4 is 13.2 Å². The van der Waals surface area contributed by atoms with Crippen molar-refractivity contribution in [3.8, 4) is 0 Å². The SMILES string of the molecule is C1CNC(B(B(C2CCCN2)C2CCCN2)C2CCCN2)C1. The summed E-state index contributed by atoms with van der Waals surface area (Å²) in [4.78, 5) is 0. The third kappa shape index (κ3) is 3.12. The van der Waals surface area contributed by atoms with Gasteiger partial charge in [-0.3, -0.25) is 0 Å². The third-order valence-electron chi connectivity index (χ3n) is 6.70. The summed E-state index contributed by atoms with van der Waals surface area (Å²) >= 11 is 0. The van der Waals surface area contributed by atoms with Gasteiger partial charge in [-0.15, -0.1) is 0 Å². The Bertz CT molecular complexity index is 280. The van der Waals surface area contributed by atoms with E-state index in [2.05, 4.69) is 21.3 Å². The molecule has 4 aliphatic rings. The van der Waals surface area contributed by atoms with E-state index in [4.69, 9.17) is 0 Å². The van der Waals surface area contributed by atoms with E-state index in [0.29, 0.717) is 0 Å². The lowest BCUT2D eigenvalue weighted by Crippen LogP contribution is -2.70. The summed E-state index contributed by atoms with van der Waals surface area (Å²) < 4.78 is 0. The Morgan fingerprint density at radius 2 is 0.727 bits per heavy atom. The molecule has 0 bridgehead atoms. The van der Waals surface area contributed by atoms with E-state index in [9.17, 15) is 0 Å². The number of hydrogen-bond acceptors (Lipinski definition) is 4. The van der Waals surface area contributed by atoms with Crippen molar-refractivity contribution in [1.82, 2.24) is 21.3 Å². The van der Waals surface area contributed by atoms with E-state index in [1.54, 1.807) is 0 Å². The highest BCUT2D eigenvalue weighted by atomic mass is 15.0. The fraction of sp³-hybridized carbons (Fsp3) is 1.00. The molecule has 22 heavy (non-hydrogen) atoms. The molecule has 0 spiro atoms. The summed E-state index contributed by atoms with van der Waals surface area (Å²) in [7, 11) is 0. The standard InChI is InChI=1S/C16H32B2N4/c1-5-13(19-9-1)17(14-6-2-10-20-14)18(15-7-3-11-21-15)16-8-4-12-22-16/h13-16,19-22H,1-12H2. The van der Waals surface area contributed by atoms with Gasteiger partial charge in [0, 0.05) is 0 Å². The molecule has 0 amide bonds. The molecule has 4 saturated heterocycles. The van der Waals surface area contributed by atoms with E-state index >= 15 is 0 Å². The molecule has 0 saturated carbocycles.